The lowest BCUT2D eigenvalue weighted by atomic mass is 9.95. The van der Waals surface area contributed by atoms with Crippen LogP contribution >= 0.6 is 11.6 Å². The van der Waals surface area contributed by atoms with Gasteiger partial charge in [-0.2, -0.15) is 0 Å². The van der Waals surface area contributed by atoms with Crippen LogP contribution < -0.4 is 35.4 Å². The molecule has 13 nitrogen and oxygen atoms in total. The summed E-state index contributed by atoms with van der Waals surface area (Å²) in [5, 5.41) is 10.7. The highest BCUT2D eigenvalue weighted by atomic mass is 35.5. The lowest BCUT2D eigenvalue weighted by Gasteiger charge is -2.40. The van der Waals surface area contributed by atoms with Gasteiger partial charge in [0.05, 0.1) is 16.2 Å². The van der Waals surface area contributed by atoms with Gasteiger partial charge in [0, 0.05) is 106 Å². The van der Waals surface area contributed by atoms with Crippen LogP contribution in [0.25, 0.3) is 22.0 Å². The van der Waals surface area contributed by atoms with Crippen LogP contribution in [-0.4, -0.2) is 97.3 Å². The number of ether oxygens (including phenoxy) is 1. The molecular weight excluding hydrogens is 728 g/mol. The number of piperidine rings is 1. The standard InChI is InChI=1S/C42H45ClN10O3/c1-27-34(25-45-40-39(27)44-13-21-56-40)29-2-3-30-24-46-41(48-36(30)22-29)47-31-4-6-32(7-5-31)51-14-10-28(11-15-51)26-50-17-19-52(20-18-50)33-8-9-37(35(43)23-33)53-16-12-38(54)49-42(53)55/h2-9,22-25,28,44H,10-21,26H2,1H3,(H,46,47,48)(H,49,54,55). The number of carbonyl (C=O) groups excluding carboxylic acids is 2. The lowest BCUT2D eigenvalue weighted by Crippen LogP contribution is -2.50. The number of nitrogens with one attached hydrogen (secondary N) is 3. The summed E-state index contributed by atoms with van der Waals surface area (Å²) in [4.78, 5) is 46.8. The summed E-state index contributed by atoms with van der Waals surface area (Å²) >= 11 is 6.63. The maximum Gasteiger partial charge on any atom is 0.328 e. The molecule has 3 fully saturated rings. The van der Waals surface area contributed by atoms with Crippen LogP contribution in [0.4, 0.5) is 39.2 Å². The number of hydrogen-bond acceptors (Lipinski definition) is 11. The highest BCUT2D eigenvalue weighted by Gasteiger charge is 2.28. The Balaban J connectivity index is 0.755. The number of carbonyl (C=O) groups is 2. The second-order valence-corrected chi connectivity index (χ2v) is 15.4. The van der Waals surface area contributed by atoms with Gasteiger partial charge < -0.3 is 25.2 Å². The van der Waals surface area contributed by atoms with E-state index in [0.29, 0.717) is 41.6 Å². The van der Waals surface area contributed by atoms with Crippen LogP contribution in [0.5, 0.6) is 5.88 Å². The van der Waals surface area contributed by atoms with Crippen molar-refractivity contribution < 1.29 is 14.3 Å². The molecule has 0 saturated carbocycles. The van der Waals surface area contributed by atoms with Gasteiger partial charge in [-0.15, -0.1) is 0 Å². The average Bonchev–Trinajstić information content (AvgIpc) is 3.22. The zero-order chi connectivity index (χ0) is 38.2. The second kappa shape index (κ2) is 15.5. The number of benzene rings is 3. The van der Waals surface area contributed by atoms with Gasteiger partial charge >= 0.3 is 6.03 Å². The molecule has 0 spiro atoms. The molecule has 0 unspecified atom stereocenters. The van der Waals surface area contributed by atoms with E-state index in [0.717, 1.165) is 97.0 Å². The number of rotatable bonds is 8. The minimum atomic E-state index is -0.422. The second-order valence-electron chi connectivity index (χ2n) is 15.0. The Morgan fingerprint density at radius 2 is 1.66 bits per heavy atom. The van der Waals surface area contributed by atoms with E-state index < -0.39 is 6.03 Å². The molecule has 56 heavy (non-hydrogen) atoms. The van der Waals surface area contributed by atoms with Gasteiger partial charge in [0.15, 0.2) is 0 Å². The van der Waals surface area contributed by atoms with Crippen molar-refractivity contribution in [2.45, 2.75) is 26.2 Å². The fourth-order valence-electron chi connectivity index (χ4n) is 8.28. The first kappa shape index (κ1) is 36.0. The maximum atomic E-state index is 12.3. The van der Waals surface area contributed by atoms with Crippen molar-refractivity contribution in [3.05, 3.63) is 83.6 Å². The predicted octanol–water partition coefficient (Wildman–Crippen LogP) is 6.69. The molecule has 0 radical (unpaired) electrons. The number of urea groups is 1. The van der Waals surface area contributed by atoms with Crippen LogP contribution in [0.15, 0.2) is 73.1 Å². The number of hydrogen-bond donors (Lipinski definition) is 3. The largest absolute Gasteiger partial charge is 0.474 e. The SMILES string of the molecule is Cc1c(-c2ccc3cnc(Nc4ccc(N5CCC(CN6CCN(c7ccc(N8CCC(=O)NC8=O)c(Cl)c7)CC6)CC5)cc4)nc3c2)cnc2c1NCCO2. The van der Waals surface area contributed by atoms with Crippen LogP contribution in [-0.2, 0) is 4.79 Å². The van der Waals surface area contributed by atoms with Crippen molar-refractivity contribution in [1.82, 2.24) is 25.2 Å². The van der Waals surface area contributed by atoms with E-state index >= 15 is 0 Å². The highest BCUT2D eigenvalue weighted by molar-refractivity contribution is 6.34. The minimum absolute atomic E-state index is 0.254. The molecule has 0 atom stereocenters. The van der Waals surface area contributed by atoms with Gasteiger partial charge in [0.2, 0.25) is 17.7 Å². The molecule has 288 valence electrons. The summed E-state index contributed by atoms with van der Waals surface area (Å²) in [6.45, 7) is 10.9. The fourth-order valence-corrected chi connectivity index (χ4v) is 8.56. The number of imide groups is 1. The first-order valence-electron chi connectivity index (χ1n) is 19.5. The number of fused-ring (bicyclic) bond motifs is 2. The first-order chi connectivity index (χ1) is 27.3. The quantitative estimate of drug-likeness (QED) is 0.156. The molecule has 3 N–H and O–H groups in total. The molecule has 3 amide bonds. The van der Waals surface area contributed by atoms with E-state index in [2.05, 4.69) is 90.0 Å². The van der Waals surface area contributed by atoms with Crippen molar-refractivity contribution in [3.63, 3.8) is 0 Å². The Hall–Kier alpha value is -5.66. The average molecular weight is 773 g/mol. The molecule has 5 aromatic rings. The highest BCUT2D eigenvalue weighted by Crippen LogP contribution is 2.36. The smallest absolute Gasteiger partial charge is 0.328 e. The third-order valence-corrected chi connectivity index (χ3v) is 11.8. The summed E-state index contributed by atoms with van der Waals surface area (Å²) < 4.78 is 5.72. The van der Waals surface area contributed by atoms with Crippen LogP contribution in [0, 0.1) is 12.8 Å². The minimum Gasteiger partial charge on any atom is -0.474 e. The normalized spacial score (nSPS) is 18.0. The van der Waals surface area contributed by atoms with Crippen molar-refractivity contribution >= 4 is 68.8 Å². The van der Waals surface area contributed by atoms with E-state index in [4.69, 9.17) is 21.3 Å². The summed E-state index contributed by atoms with van der Waals surface area (Å²) in [6, 6.07) is 20.3. The molecule has 0 bridgehead atoms. The molecule has 4 aliphatic rings. The first-order valence-corrected chi connectivity index (χ1v) is 19.9. The van der Waals surface area contributed by atoms with Crippen LogP contribution in [0.3, 0.4) is 0 Å². The van der Waals surface area contributed by atoms with E-state index in [1.807, 2.05) is 30.6 Å². The van der Waals surface area contributed by atoms with E-state index in [9.17, 15) is 9.59 Å². The van der Waals surface area contributed by atoms with E-state index in [-0.39, 0.29) is 12.3 Å². The van der Waals surface area contributed by atoms with Gasteiger partial charge in [0.25, 0.3) is 0 Å². The van der Waals surface area contributed by atoms with Gasteiger partial charge in [-0.25, -0.2) is 19.7 Å². The summed E-state index contributed by atoms with van der Waals surface area (Å²) in [7, 11) is 0. The fraction of sp³-hybridized carbons (Fsp3) is 0.357. The molecule has 0 aliphatic carbocycles. The van der Waals surface area contributed by atoms with Gasteiger partial charge in [0.1, 0.15) is 12.3 Å². The van der Waals surface area contributed by atoms with Crippen molar-refractivity contribution in [3.8, 4) is 17.0 Å². The topological polar surface area (TPSA) is 131 Å². The van der Waals surface area contributed by atoms with E-state index in [1.54, 1.807) is 0 Å². The van der Waals surface area contributed by atoms with Gasteiger partial charge in [-0.1, -0.05) is 23.7 Å². The number of halogens is 1. The molecule has 4 aliphatic heterocycles. The van der Waals surface area contributed by atoms with Crippen LogP contribution in [0.1, 0.15) is 24.8 Å². The Bertz CT molecular complexity index is 2270. The van der Waals surface area contributed by atoms with Gasteiger partial charge in [-0.3, -0.25) is 19.9 Å². The number of aromatic nitrogens is 3. The summed E-state index contributed by atoms with van der Waals surface area (Å²) in [6.07, 6.45) is 6.35. The number of nitrogens with zero attached hydrogens (tertiary/aromatic N) is 7. The molecule has 2 aromatic heterocycles. The molecule has 14 heteroatoms. The van der Waals surface area contributed by atoms with E-state index in [1.165, 1.54) is 23.4 Å². The van der Waals surface area contributed by atoms with Gasteiger partial charge in [-0.05, 0) is 85.3 Å². The third kappa shape index (κ3) is 7.48. The summed E-state index contributed by atoms with van der Waals surface area (Å²) in [5.74, 6) is 1.64. The number of anilines is 6. The molecule has 6 heterocycles. The lowest BCUT2D eigenvalue weighted by molar-refractivity contribution is -0.120. The molecular formula is C42H45ClN10O3. The monoisotopic (exact) mass is 772 g/mol. The summed E-state index contributed by atoms with van der Waals surface area (Å²) in [5.41, 5.74) is 8.91. The van der Waals surface area contributed by atoms with Crippen molar-refractivity contribution in [2.75, 3.05) is 90.8 Å². The van der Waals surface area contributed by atoms with Crippen molar-refractivity contribution in [2.24, 2.45) is 5.92 Å². The molecule has 3 saturated heterocycles. The number of pyridine rings is 1. The maximum absolute atomic E-state index is 12.3. The Morgan fingerprint density at radius 3 is 2.45 bits per heavy atom. The Morgan fingerprint density at radius 1 is 0.875 bits per heavy atom. The number of amides is 3. The Kier molecular flexibility index (Phi) is 9.94. The zero-order valence-corrected chi connectivity index (χ0v) is 32.2. The molecule has 9 rings (SSSR count). The molecule has 3 aromatic carbocycles. The van der Waals surface area contributed by atoms with Crippen LogP contribution in [0.2, 0.25) is 5.02 Å². The predicted molar refractivity (Wildman–Crippen MR) is 222 cm³/mol. The number of piperazine rings is 1. The van der Waals surface area contributed by atoms with Crippen molar-refractivity contribution in [1.29, 1.82) is 0 Å². The zero-order valence-electron chi connectivity index (χ0n) is 31.4. The Labute approximate surface area is 331 Å². The third-order valence-electron chi connectivity index (χ3n) is 11.5.